The molecule has 0 radical (unpaired) electrons. The third kappa shape index (κ3) is 4.33. The minimum Gasteiger partial charge on any atom is -0.456 e. The van der Waals surface area contributed by atoms with Gasteiger partial charge in [-0.2, -0.15) is 0 Å². The molecule has 0 saturated heterocycles. The number of benzene rings is 9. The molecule has 0 saturated carbocycles. The van der Waals surface area contributed by atoms with E-state index >= 15 is 0 Å². The minimum atomic E-state index is -0.405. The number of para-hydroxylation sites is 1. The highest BCUT2D eigenvalue weighted by atomic mass is 16.3. The second-order valence-corrected chi connectivity index (χ2v) is 12.4. The number of fused-ring (bicyclic) bond motifs is 6. The van der Waals surface area contributed by atoms with Crippen LogP contribution in [0.1, 0.15) is 6.85 Å². The van der Waals surface area contributed by atoms with E-state index in [0.29, 0.717) is 5.56 Å². The first-order valence-electron chi connectivity index (χ1n) is 18.9. The van der Waals surface area contributed by atoms with E-state index in [1.165, 1.54) is 0 Å². The first kappa shape index (κ1) is 23.0. The maximum absolute atomic E-state index is 8.99. The number of hydrogen-bond donors (Lipinski definition) is 0. The predicted octanol–water partition coefficient (Wildman–Crippen LogP) is 13.7. The number of rotatable bonds is 4. The van der Waals surface area contributed by atoms with Crippen LogP contribution in [0.15, 0.2) is 186 Å². The summed E-state index contributed by atoms with van der Waals surface area (Å²) in [7, 11) is 0. The summed E-state index contributed by atoms with van der Waals surface area (Å²) in [4.78, 5) is 0. The zero-order valence-corrected chi connectivity index (χ0v) is 26.3. The summed E-state index contributed by atoms with van der Waals surface area (Å²) < 4.78 is 49.8. The summed E-state index contributed by atoms with van der Waals surface area (Å²) in [6.45, 7) is 0. The van der Waals surface area contributed by atoms with Crippen LogP contribution >= 0.6 is 0 Å². The summed E-state index contributed by atoms with van der Waals surface area (Å²) in [5.41, 5.74) is 8.86. The Morgan fingerprint density at radius 1 is 0.367 bits per heavy atom. The Morgan fingerprint density at radius 2 is 0.959 bits per heavy atom. The summed E-state index contributed by atoms with van der Waals surface area (Å²) >= 11 is 0. The molecule has 0 atom stereocenters. The molecule has 0 aliphatic carbocycles. The average Bonchev–Trinajstić information content (AvgIpc) is 3.60. The van der Waals surface area contributed by atoms with Crippen LogP contribution in [0.2, 0.25) is 0 Å². The third-order valence-corrected chi connectivity index (χ3v) is 9.73. The fourth-order valence-corrected chi connectivity index (χ4v) is 7.70. The maximum Gasteiger partial charge on any atom is 0.136 e. The smallest absolute Gasteiger partial charge is 0.136 e. The molecule has 10 aromatic rings. The van der Waals surface area contributed by atoms with Crippen molar-refractivity contribution in [2.75, 3.05) is 0 Å². The van der Waals surface area contributed by atoms with E-state index < -0.39 is 6.04 Å². The topological polar surface area (TPSA) is 13.1 Å². The molecule has 0 amide bonds. The van der Waals surface area contributed by atoms with E-state index in [9.17, 15) is 0 Å². The molecule has 9 aromatic carbocycles. The van der Waals surface area contributed by atoms with E-state index in [1.54, 1.807) is 0 Å². The van der Waals surface area contributed by atoms with Gasteiger partial charge in [0.25, 0.3) is 0 Å². The van der Waals surface area contributed by atoms with Gasteiger partial charge in [-0.05, 0) is 95.5 Å². The molecule has 1 aromatic heterocycles. The Morgan fingerprint density at radius 3 is 1.67 bits per heavy atom. The van der Waals surface area contributed by atoms with Crippen molar-refractivity contribution in [3.63, 3.8) is 0 Å². The summed E-state index contributed by atoms with van der Waals surface area (Å²) in [6.07, 6.45) is 0. The van der Waals surface area contributed by atoms with Crippen LogP contribution < -0.4 is 0 Å². The first-order chi connectivity index (χ1) is 26.4. The third-order valence-electron chi connectivity index (χ3n) is 9.73. The molecule has 0 aliphatic rings. The summed E-state index contributed by atoms with van der Waals surface area (Å²) in [5.74, 6) is 0. The van der Waals surface area contributed by atoms with Gasteiger partial charge in [-0.25, -0.2) is 0 Å². The monoisotopic (exact) mass is 627 g/mol. The Balaban J connectivity index is 1.37. The van der Waals surface area contributed by atoms with Crippen molar-refractivity contribution >= 4 is 54.3 Å². The van der Waals surface area contributed by atoms with E-state index in [1.807, 2.05) is 54.6 Å². The number of hydrogen-bond acceptors (Lipinski definition) is 1. The molecule has 0 aliphatic heterocycles. The van der Waals surface area contributed by atoms with Crippen LogP contribution in [0, 0.1) is 0 Å². The molecule has 228 valence electrons. The molecule has 0 bridgehead atoms. The molecule has 0 N–H and O–H groups in total. The van der Waals surface area contributed by atoms with Crippen LogP contribution in [-0.2, 0) is 0 Å². The van der Waals surface area contributed by atoms with Gasteiger partial charge in [-0.3, -0.25) is 0 Å². The van der Waals surface area contributed by atoms with Gasteiger partial charge in [0.15, 0.2) is 0 Å². The highest BCUT2D eigenvalue weighted by Crippen LogP contribution is 2.48. The largest absolute Gasteiger partial charge is 0.456 e. The Labute approximate surface area is 291 Å². The summed E-state index contributed by atoms with van der Waals surface area (Å²) in [6, 6.07) is 50.4. The van der Waals surface area contributed by atoms with Gasteiger partial charge in [0.1, 0.15) is 11.2 Å². The fourth-order valence-electron chi connectivity index (χ4n) is 7.70. The van der Waals surface area contributed by atoms with Gasteiger partial charge in [0.05, 0.1) is 6.85 Å². The second-order valence-electron chi connectivity index (χ2n) is 12.4. The Bertz CT molecular complexity index is 3080. The van der Waals surface area contributed by atoms with Crippen molar-refractivity contribution in [3.8, 4) is 44.5 Å². The molecule has 1 heterocycles. The molecular formula is C48H30O. The van der Waals surface area contributed by atoms with Crippen molar-refractivity contribution in [2.45, 2.75) is 0 Å². The lowest BCUT2D eigenvalue weighted by Gasteiger charge is -2.20. The van der Waals surface area contributed by atoms with Crippen molar-refractivity contribution in [1.82, 2.24) is 0 Å². The fraction of sp³-hybridized carbons (Fsp3) is 0. The van der Waals surface area contributed by atoms with Gasteiger partial charge < -0.3 is 4.42 Å². The zero-order valence-electron chi connectivity index (χ0n) is 31.3. The molecule has 0 fully saturated rings. The van der Waals surface area contributed by atoms with E-state index in [-0.39, 0.29) is 29.7 Å². The molecule has 0 spiro atoms. The SMILES string of the molecule is [2H]c1c([2H])c([2H])c(-c2c3ccccc3c(-c3cc(-c4c(-c5ccccc5)ccc5oc6ccccc6c45)cc4ccccc34)c3ccccc23)c([2H])c1[2H]. The quantitative estimate of drug-likeness (QED) is 0.177. The van der Waals surface area contributed by atoms with Crippen LogP contribution in [-0.4, -0.2) is 0 Å². The van der Waals surface area contributed by atoms with Crippen LogP contribution in [0.5, 0.6) is 0 Å². The lowest BCUT2D eigenvalue weighted by Crippen LogP contribution is -1.93. The van der Waals surface area contributed by atoms with Crippen molar-refractivity contribution in [1.29, 1.82) is 0 Å². The highest BCUT2D eigenvalue weighted by molar-refractivity contribution is 6.24. The van der Waals surface area contributed by atoms with Gasteiger partial charge in [0.2, 0.25) is 0 Å². The Kier molecular flexibility index (Phi) is 5.20. The van der Waals surface area contributed by atoms with Gasteiger partial charge in [-0.15, -0.1) is 0 Å². The predicted molar refractivity (Wildman–Crippen MR) is 208 cm³/mol. The second kappa shape index (κ2) is 11.1. The van der Waals surface area contributed by atoms with Gasteiger partial charge >= 0.3 is 0 Å². The highest BCUT2D eigenvalue weighted by Gasteiger charge is 2.22. The minimum absolute atomic E-state index is 0.199. The molecule has 0 unspecified atom stereocenters. The summed E-state index contributed by atoms with van der Waals surface area (Å²) in [5, 5.41) is 7.74. The maximum atomic E-state index is 8.99. The lowest BCUT2D eigenvalue weighted by atomic mass is 9.83. The molecule has 49 heavy (non-hydrogen) atoms. The van der Waals surface area contributed by atoms with Crippen LogP contribution in [0.4, 0.5) is 0 Å². The Hall–Kier alpha value is -6.44. The normalized spacial score (nSPS) is 13.1. The van der Waals surface area contributed by atoms with E-state index in [2.05, 4.69) is 97.1 Å². The average molecular weight is 628 g/mol. The molecular weight excluding hydrogens is 593 g/mol. The van der Waals surface area contributed by atoms with E-state index in [0.717, 1.165) is 87.6 Å². The van der Waals surface area contributed by atoms with Crippen molar-refractivity contribution in [2.24, 2.45) is 0 Å². The number of furan rings is 1. The molecule has 10 rings (SSSR count). The zero-order chi connectivity index (χ0) is 36.7. The van der Waals surface area contributed by atoms with Crippen LogP contribution in [0.3, 0.4) is 0 Å². The van der Waals surface area contributed by atoms with Gasteiger partial charge in [0, 0.05) is 16.3 Å². The molecule has 1 heteroatoms. The molecule has 1 nitrogen and oxygen atoms in total. The lowest BCUT2D eigenvalue weighted by molar-refractivity contribution is 0.669. The van der Waals surface area contributed by atoms with Crippen molar-refractivity contribution in [3.05, 3.63) is 182 Å². The van der Waals surface area contributed by atoms with Gasteiger partial charge in [-0.1, -0.05) is 158 Å². The van der Waals surface area contributed by atoms with Crippen molar-refractivity contribution < 1.29 is 11.3 Å². The van der Waals surface area contributed by atoms with Crippen LogP contribution in [0.25, 0.3) is 98.8 Å². The van der Waals surface area contributed by atoms with E-state index in [4.69, 9.17) is 11.3 Å². The first-order valence-corrected chi connectivity index (χ1v) is 16.4. The standard InChI is InChI=1S/C48H30O/c1-3-15-31(16-4-1)36-27-28-44-48(41-25-13-14-26-43(41)49-44)46(36)34-29-33-19-7-8-20-35(33)42(30-34)47-39-23-11-9-21-37(39)45(32-17-5-2-6-18-32)38-22-10-12-24-40(38)47/h1-30H/i2D,5D,6D,17D,18D.